The minimum Gasteiger partial charge on any atom is -0.497 e. The number of carbonyl (C=O) groups excluding carboxylic acids is 2. The maximum absolute atomic E-state index is 13.3. The Hall–Kier alpha value is -4.20. The van der Waals surface area contributed by atoms with Crippen molar-refractivity contribution in [3.63, 3.8) is 0 Å². The van der Waals surface area contributed by atoms with Gasteiger partial charge in [-0.2, -0.15) is 5.10 Å². The van der Waals surface area contributed by atoms with E-state index in [1.807, 2.05) is 0 Å². The van der Waals surface area contributed by atoms with Crippen LogP contribution in [0.3, 0.4) is 0 Å². The highest BCUT2D eigenvalue weighted by Gasteiger charge is 2.10. The van der Waals surface area contributed by atoms with Crippen molar-refractivity contribution >= 4 is 23.2 Å². The zero-order valence-corrected chi connectivity index (χ0v) is 17.8. The molecule has 0 radical (unpaired) electrons. The first-order valence-corrected chi connectivity index (χ1v) is 9.64. The number of hydrazone groups is 1. The quantitative estimate of drug-likeness (QED) is 0.429. The largest absolute Gasteiger partial charge is 0.497 e. The summed E-state index contributed by atoms with van der Waals surface area (Å²) in [5, 5.41) is 6.84. The molecule has 0 saturated heterocycles. The molecule has 0 aliphatic rings. The third-order valence-corrected chi connectivity index (χ3v) is 4.59. The molecule has 0 spiro atoms. The lowest BCUT2D eigenvalue weighted by atomic mass is 10.1. The van der Waals surface area contributed by atoms with E-state index in [4.69, 9.17) is 9.47 Å². The summed E-state index contributed by atoms with van der Waals surface area (Å²) in [5.41, 5.74) is 4.93. The highest BCUT2D eigenvalue weighted by atomic mass is 19.1. The average molecular weight is 435 g/mol. The Kier molecular flexibility index (Phi) is 7.17. The van der Waals surface area contributed by atoms with E-state index in [-0.39, 0.29) is 5.56 Å². The van der Waals surface area contributed by atoms with Crippen LogP contribution in [0.5, 0.6) is 11.5 Å². The first kappa shape index (κ1) is 22.5. The van der Waals surface area contributed by atoms with E-state index < -0.39 is 17.6 Å². The Labute approximate surface area is 184 Å². The van der Waals surface area contributed by atoms with Gasteiger partial charge in [-0.1, -0.05) is 18.2 Å². The van der Waals surface area contributed by atoms with Crippen LogP contribution in [0, 0.1) is 5.82 Å². The number of nitrogens with one attached hydrogen (secondary N) is 2. The normalized spacial score (nSPS) is 10.9. The Morgan fingerprint density at radius 1 is 0.812 bits per heavy atom. The van der Waals surface area contributed by atoms with Crippen molar-refractivity contribution in [3.05, 3.63) is 89.2 Å². The van der Waals surface area contributed by atoms with E-state index in [0.29, 0.717) is 28.5 Å². The van der Waals surface area contributed by atoms with Crippen molar-refractivity contribution in [1.82, 2.24) is 5.43 Å². The van der Waals surface area contributed by atoms with Crippen LogP contribution >= 0.6 is 0 Å². The summed E-state index contributed by atoms with van der Waals surface area (Å²) in [6, 6.07) is 17.2. The van der Waals surface area contributed by atoms with Crippen molar-refractivity contribution in [2.24, 2.45) is 5.10 Å². The lowest BCUT2D eigenvalue weighted by Crippen LogP contribution is -2.19. The zero-order valence-electron chi connectivity index (χ0n) is 17.8. The topological polar surface area (TPSA) is 89.0 Å². The van der Waals surface area contributed by atoms with Gasteiger partial charge in [0.15, 0.2) is 0 Å². The zero-order chi connectivity index (χ0) is 23.1. The third-order valence-electron chi connectivity index (χ3n) is 4.59. The molecule has 0 aromatic heterocycles. The van der Waals surface area contributed by atoms with Gasteiger partial charge in [-0.15, -0.1) is 0 Å². The molecule has 3 aromatic rings. The molecule has 0 unspecified atom stereocenters. The van der Waals surface area contributed by atoms with Crippen LogP contribution < -0.4 is 20.2 Å². The SMILES string of the molecule is COc1cc(OC)cc(C(=O)N/N=C(\C)c2ccc(NC(=O)c3cccc(F)c3)cc2)c1. The van der Waals surface area contributed by atoms with E-state index in [9.17, 15) is 14.0 Å². The lowest BCUT2D eigenvalue weighted by molar-refractivity contribution is 0.0953. The maximum atomic E-state index is 13.3. The van der Waals surface area contributed by atoms with E-state index in [0.717, 1.165) is 5.56 Å². The van der Waals surface area contributed by atoms with Crippen molar-refractivity contribution in [3.8, 4) is 11.5 Å². The summed E-state index contributed by atoms with van der Waals surface area (Å²) in [7, 11) is 3.01. The molecule has 0 heterocycles. The summed E-state index contributed by atoms with van der Waals surface area (Å²) < 4.78 is 23.6. The second kappa shape index (κ2) is 10.2. The number of benzene rings is 3. The average Bonchev–Trinajstić information content (AvgIpc) is 2.82. The fourth-order valence-electron chi connectivity index (χ4n) is 2.83. The van der Waals surface area contributed by atoms with Crippen LogP contribution in [0.2, 0.25) is 0 Å². The lowest BCUT2D eigenvalue weighted by Gasteiger charge is -2.09. The summed E-state index contributed by atoms with van der Waals surface area (Å²) in [6.45, 7) is 1.74. The minimum atomic E-state index is -0.478. The smallest absolute Gasteiger partial charge is 0.271 e. The predicted octanol–water partition coefficient (Wildman–Crippen LogP) is 4.25. The van der Waals surface area contributed by atoms with Crippen molar-refractivity contribution in [1.29, 1.82) is 0 Å². The fraction of sp³-hybridized carbons (Fsp3) is 0.125. The van der Waals surface area contributed by atoms with Crippen LogP contribution in [0.4, 0.5) is 10.1 Å². The number of amides is 2. The van der Waals surface area contributed by atoms with Gasteiger partial charge < -0.3 is 14.8 Å². The third kappa shape index (κ3) is 5.69. The van der Waals surface area contributed by atoms with Crippen molar-refractivity contribution in [2.75, 3.05) is 19.5 Å². The molecule has 2 amide bonds. The number of carbonyl (C=O) groups is 2. The molecule has 164 valence electrons. The highest BCUT2D eigenvalue weighted by molar-refractivity contribution is 6.05. The van der Waals surface area contributed by atoms with Gasteiger partial charge in [0.25, 0.3) is 11.8 Å². The standard InChI is InChI=1S/C24H22FN3O4/c1-15(27-28-24(30)18-12-21(31-2)14-22(13-18)32-3)16-7-9-20(10-8-16)26-23(29)17-5-4-6-19(25)11-17/h4-14H,1-3H3,(H,26,29)(H,28,30)/b27-15+. The fourth-order valence-corrected chi connectivity index (χ4v) is 2.83. The molecule has 3 aromatic carbocycles. The van der Waals surface area contributed by atoms with E-state index >= 15 is 0 Å². The van der Waals surface area contributed by atoms with Gasteiger partial charge in [0.1, 0.15) is 17.3 Å². The van der Waals surface area contributed by atoms with E-state index in [2.05, 4.69) is 15.8 Å². The summed E-state index contributed by atoms with van der Waals surface area (Å²) in [6.07, 6.45) is 0. The first-order chi connectivity index (χ1) is 15.4. The molecule has 0 fully saturated rings. The molecule has 7 nitrogen and oxygen atoms in total. The summed E-state index contributed by atoms with van der Waals surface area (Å²) in [5.74, 6) is -0.324. The number of hydrogen-bond donors (Lipinski definition) is 2. The summed E-state index contributed by atoms with van der Waals surface area (Å²) in [4.78, 5) is 24.7. The van der Waals surface area contributed by atoms with E-state index in [1.54, 1.807) is 49.4 Å². The predicted molar refractivity (Wildman–Crippen MR) is 120 cm³/mol. The molecule has 8 heteroatoms. The number of rotatable bonds is 7. The number of nitrogens with zero attached hydrogens (tertiary/aromatic N) is 1. The van der Waals surface area contributed by atoms with Crippen LogP contribution in [0.1, 0.15) is 33.2 Å². The molecule has 0 atom stereocenters. The maximum Gasteiger partial charge on any atom is 0.271 e. The molecule has 2 N–H and O–H groups in total. The number of hydrogen-bond acceptors (Lipinski definition) is 5. The number of halogens is 1. The van der Waals surface area contributed by atoms with Gasteiger partial charge in [-0.25, -0.2) is 9.82 Å². The molecule has 3 rings (SSSR count). The van der Waals surface area contributed by atoms with Crippen molar-refractivity contribution < 1.29 is 23.5 Å². The number of anilines is 1. The van der Waals surface area contributed by atoms with Gasteiger partial charge in [-0.3, -0.25) is 9.59 Å². The molecule has 0 aliphatic heterocycles. The summed E-state index contributed by atoms with van der Waals surface area (Å²) >= 11 is 0. The Bertz CT molecular complexity index is 1140. The van der Waals surface area contributed by atoms with Gasteiger partial charge in [0.05, 0.1) is 19.9 Å². The van der Waals surface area contributed by atoms with E-state index in [1.165, 1.54) is 38.5 Å². The molecule has 32 heavy (non-hydrogen) atoms. The van der Waals surface area contributed by atoms with Crippen molar-refractivity contribution in [2.45, 2.75) is 6.92 Å². The van der Waals surface area contributed by atoms with Crippen LogP contribution in [-0.2, 0) is 0 Å². The molecule has 0 aliphatic carbocycles. The van der Waals surface area contributed by atoms with Gasteiger partial charge >= 0.3 is 0 Å². The monoisotopic (exact) mass is 435 g/mol. The Morgan fingerprint density at radius 2 is 1.47 bits per heavy atom. The Morgan fingerprint density at radius 3 is 2.06 bits per heavy atom. The molecule has 0 saturated carbocycles. The van der Waals surface area contributed by atoms with Gasteiger partial charge in [-0.05, 0) is 55.0 Å². The first-order valence-electron chi connectivity index (χ1n) is 9.64. The Balaban J connectivity index is 1.65. The van der Waals surface area contributed by atoms with Crippen LogP contribution in [-0.4, -0.2) is 31.7 Å². The molecular weight excluding hydrogens is 413 g/mol. The van der Waals surface area contributed by atoms with Gasteiger partial charge in [0.2, 0.25) is 0 Å². The molecular formula is C24H22FN3O4. The second-order valence-corrected chi connectivity index (χ2v) is 6.78. The van der Waals surface area contributed by atoms with Gasteiger partial charge in [0, 0.05) is 22.9 Å². The minimum absolute atomic E-state index is 0.226. The second-order valence-electron chi connectivity index (χ2n) is 6.78. The molecule has 0 bridgehead atoms. The number of methoxy groups -OCH3 is 2. The van der Waals surface area contributed by atoms with Crippen LogP contribution in [0.25, 0.3) is 0 Å². The highest BCUT2D eigenvalue weighted by Crippen LogP contribution is 2.22. The van der Waals surface area contributed by atoms with Crippen LogP contribution in [0.15, 0.2) is 71.8 Å². The number of ether oxygens (including phenoxy) is 2.